The molecule has 5 N–H and O–H groups in total. The van der Waals surface area contributed by atoms with Crippen molar-refractivity contribution >= 4 is 11.6 Å². The second kappa shape index (κ2) is 10.7. The Bertz CT molecular complexity index is 1620. The van der Waals surface area contributed by atoms with Gasteiger partial charge in [0.1, 0.15) is 11.5 Å². The molecular formula is C34H35N3O4. The van der Waals surface area contributed by atoms with E-state index < -0.39 is 0 Å². The number of phenolic OH excluding ortho intramolecular Hbond substituents is 2. The fourth-order valence-corrected chi connectivity index (χ4v) is 6.29. The summed E-state index contributed by atoms with van der Waals surface area (Å²) in [6.07, 6.45) is 0. The van der Waals surface area contributed by atoms with Gasteiger partial charge in [0.15, 0.2) is 11.6 Å². The Kier molecular flexibility index (Phi) is 7.22. The molecule has 0 radical (unpaired) electrons. The van der Waals surface area contributed by atoms with Crippen molar-refractivity contribution in [2.24, 2.45) is 0 Å². The fraction of sp³-hybridized carbons (Fsp3) is 0.235. The van der Waals surface area contributed by atoms with E-state index in [4.69, 9.17) is 0 Å². The number of aromatic hydroxyl groups is 2. The van der Waals surface area contributed by atoms with Crippen LogP contribution in [0.2, 0.25) is 0 Å². The molecule has 210 valence electrons. The third-order valence-corrected chi connectivity index (χ3v) is 8.04. The predicted octanol–water partition coefficient (Wildman–Crippen LogP) is 7.08. The van der Waals surface area contributed by atoms with E-state index in [1.165, 1.54) is 0 Å². The first-order chi connectivity index (χ1) is 19.5. The smallest absolute Gasteiger partial charge is 0.161 e. The van der Waals surface area contributed by atoms with E-state index in [1.54, 1.807) is 38.1 Å². The van der Waals surface area contributed by atoms with Gasteiger partial charge < -0.3 is 25.2 Å². The molecule has 0 fully saturated rings. The minimum atomic E-state index is -0.268. The molecule has 0 spiro atoms. The van der Waals surface area contributed by atoms with Crippen molar-refractivity contribution in [3.8, 4) is 11.5 Å². The summed E-state index contributed by atoms with van der Waals surface area (Å²) in [5.41, 5.74) is 10.3. The van der Waals surface area contributed by atoms with Crippen LogP contribution in [-0.2, 0) is 0 Å². The topological polar surface area (TPSA) is 122 Å². The zero-order valence-electron chi connectivity index (χ0n) is 24.1. The average molecular weight is 550 g/mol. The highest BCUT2D eigenvalue weighted by molar-refractivity contribution is 5.97. The molecule has 41 heavy (non-hydrogen) atoms. The minimum absolute atomic E-state index is 0.00499. The van der Waals surface area contributed by atoms with E-state index in [0.717, 1.165) is 56.4 Å². The van der Waals surface area contributed by atoms with Crippen molar-refractivity contribution in [1.29, 1.82) is 0 Å². The van der Waals surface area contributed by atoms with Crippen LogP contribution in [-0.4, -0.2) is 36.7 Å². The van der Waals surface area contributed by atoms with Crippen LogP contribution in [0.5, 0.6) is 11.5 Å². The molecule has 0 amide bonds. The molecule has 5 rings (SSSR count). The van der Waals surface area contributed by atoms with Crippen molar-refractivity contribution < 1.29 is 19.8 Å². The first-order valence-corrected chi connectivity index (χ1v) is 13.6. The highest BCUT2D eigenvalue weighted by Gasteiger charge is 2.29. The summed E-state index contributed by atoms with van der Waals surface area (Å²) in [4.78, 5) is 35.6. The molecule has 2 aromatic carbocycles. The van der Waals surface area contributed by atoms with E-state index in [1.807, 2.05) is 64.1 Å². The van der Waals surface area contributed by atoms with Gasteiger partial charge in [-0.1, -0.05) is 24.3 Å². The van der Waals surface area contributed by atoms with Gasteiger partial charge in [-0.25, -0.2) is 0 Å². The number of ketones is 2. The molecule has 3 aromatic heterocycles. The summed E-state index contributed by atoms with van der Waals surface area (Å²) >= 11 is 0. The van der Waals surface area contributed by atoms with Gasteiger partial charge in [0.2, 0.25) is 0 Å². The molecule has 2 unspecified atom stereocenters. The molecule has 0 saturated heterocycles. The lowest BCUT2D eigenvalue weighted by molar-refractivity contribution is 0.100. The molecule has 2 atom stereocenters. The third-order valence-electron chi connectivity index (χ3n) is 8.04. The van der Waals surface area contributed by atoms with E-state index in [-0.39, 0.29) is 34.9 Å². The summed E-state index contributed by atoms with van der Waals surface area (Å²) in [7, 11) is 0. The van der Waals surface area contributed by atoms with Gasteiger partial charge in [0, 0.05) is 45.3 Å². The van der Waals surface area contributed by atoms with Crippen molar-refractivity contribution in [3.05, 3.63) is 128 Å². The summed E-state index contributed by atoms with van der Waals surface area (Å²) in [6.45, 7) is 10.9. The number of hydrogen-bond acceptors (Lipinski definition) is 4. The van der Waals surface area contributed by atoms with Crippen LogP contribution < -0.4 is 0 Å². The highest BCUT2D eigenvalue weighted by Crippen LogP contribution is 2.40. The Morgan fingerprint density at radius 3 is 1.20 bits per heavy atom. The van der Waals surface area contributed by atoms with Gasteiger partial charge >= 0.3 is 0 Å². The first kappa shape index (κ1) is 27.8. The molecule has 0 aliphatic carbocycles. The largest absolute Gasteiger partial charge is 0.508 e. The second-order valence-electron chi connectivity index (χ2n) is 10.9. The lowest BCUT2D eigenvalue weighted by Crippen LogP contribution is -2.09. The zero-order valence-corrected chi connectivity index (χ0v) is 24.1. The molecule has 0 aliphatic rings. The van der Waals surface area contributed by atoms with E-state index >= 15 is 0 Å². The maximum atomic E-state index is 12.5. The number of carbonyl (C=O) groups is 2. The number of Topliss-reactive ketones (excluding diaryl/α,β-unsaturated/α-hetero) is 2. The monoisotopic (exact) mass is 549 g/mol. The van der Waals surface area contributed by atoms with Gasteiger partial charge in [0.25, 0.3) is 0 Å². The molecule has 3 heterocycles. The Balaban J connectivity index is 1.70. The number of aromatic amines is 3. The molecule has 0 bridgehead atoms. The molecule has 0 saturated carbocycles. The number of phenols is 2. The van der Waals surface area contributed by atoms with Crippen molar-refractivity contribution in [1.82, 2.24) is 15.0 Å². The zero-order chi connectivity index (χ0) is 29.6. The molecule has 0 aliphatic heterocycles. The summed E-state index contributed by atoms with van der Waals surface area (Å²) in [5, 5.41) is 20.0. The number of carbonyl (C=O) groups excluding carboxylic acids is 2. The maximum absolute atomic E-state index is 12.5. The van der Waals surface area contributed by atoms with Crippen LogP contribution in [0.4, 0.5) is 0 Å². The Morgan fingerprint density at radius 1 is 0.561 bits per heavy atom. The van der Waals surface area contributed by atoms with E-state index in [2.05, 4.69) is 15.0 Å². The number of benzene rings is 2. The lowest BCUT2D eigenvalue weighted by atomic mass is 9.89. The normalized spacial score (nSPS) is 12.8. The number of nitrogens with one attached hydrogen (secondary N) is 3. The lowest BCUT2D eigenvalue weighted by Gasteiger charge is -2.20. The molecule has 5 aromatic rings. The quantitative estimate of drug-likeness (QED) is 0.133. The van der Waals surface area contributed by atoms with Crippen LogP contribution in [0.15, 0.2) is 60.7 Å². The number of aromatic nitrogens is 3. The van der Waals surface area contributed by atoms with Crippen LogP contribution in [0.3, 0.4) is 0 Å². The van der Waals surface area contributed by atoms with Crippen LogP contribution in [0.1, 0.15) is 103 Å². The van der Waals surface area contributed by atoms with E-state index in [9.17, 15) is 19.8 Å². The van der Waals surface area contributed by atoms with Crippen LogP contribution >= 0.6 is 0 Å². The molecule has 7 nitrogen and oxygen atoms in total. The number of hydrogen-bond donors (Lipinski definition) is 5. The number of aryl methyl sites for hydroxylation is 2. The summed E-state index contributed by atoms with van der Waals surface area (Å²) in [6, 6.07) is 18.3. The number of rotatable bonds is 8. The van der Waals surface area contributed by atoms with Crippen molar-refractivity contribution in [2.75, 3.05) is 0 Å². The Labute approximate surface area is 239 Å². The van der Waals surface area contributed by atoms with Gasteiger partial charge in [-0.3, -0.25) is 9.59 Å². The average Bonchev–Trinajstić information content (AvgIpc) is 3.58. The van der Waals surface area contributed by atoms with Gasteiger partial charge in [-0.2, -0.15) is 0 Å². The summed E-state index contributed by atoms with van der Waals surface area (Å²) < 4.78 is 0. The van der Waals surface area contributed by atoms with Gasteiger partial charge in [-0.05, 0) is 100 Å². The molecule has 7 heteroatoms. The van der Waals surface area contributed by atoms with Crippen molar-refractivity contribution in [2.45, 2.75) is 53.4 Å². The van der Waals surface area contributed by atoms with Crippen molar-refractivity contribution in [3.63, 3.8) is 0 Å². The number of H-pyrrole nitrogens is 3. The van der Waals surface area contributed by atoms with Gasteiger partial charge in [-0.15, -0.1) is 0 Å². The molecular weight excluding hydrogens is 514 g/mol. The van der Waals surface area contributed by atoms with Crippen LogP contribution in [0, 0.1) is 27.7 Å². The Hall–Kier alpha value is -4.78. The van der Waals surface area contributed by atoms with Crippen LogP contribution in [0.25, 0.3) is 0 Å². The minimum Gasteiger partial charge on any atom is -0.508 e. The van der Waals surface area contributed by atoms with Gasteiger partial charge in [0.05, 0.1) is 11.8 Å². The standard InChI is InChI=1S/C34H35N3O4/c1-17-29(21(5)38)19(3)35-33(17)31(23-7-11-25(40)12-8-23)27-15-16-28(37-27)32(24-9-13-26(41)14-10-24)34-18(2)30(22(6)39)20(4)36-34/h7-16,31-32,35-37,40-41H,1-6H3. The third kappa shape index (κ3) is 4.99. The highest BCUT2D eigenvalue weighted by atomic mass is 16.3. The Morgan fingerprint density at radius 2 is 0.902 bits per heavy atom. The second-order valence-corrected chi connectivity index (χ2v) is 10.9. The fourth-order valence-electron chi connectivity index (χ4n) is 6.29. The predicted molar refractivity (Wildman–Crippen MR) is 159 cm³/mol. The maximum Gasteiger partial charge on any atom is 0.161 e. The summed E-state index contributed by atoms with van der Waals surface area (Å²) in [5.74, 6) is -0.174. The van der Waals surface area contributed by atoms with E-state index in [0.29, 0.717) is 11.1 Å². The first-order valence-electron chi connectivity index (χ1n) is 13.6. The SMILES string of the molecule is CC(=O)c1c(C)[nH]c(C(c2ccc(O)cc2)c2ccc(C(c3ccc(O)cc3)c3[nH]c(C)c(C(C)=O)c3C)[nH]2)c1C.